The van der Waals surface area contributed by atoms with E-state index >= 15 is 0 Å². The Labute approximate surface area is 352 Å². The summed E-state index contributed by atoms with van der Waals surface area (Å²) in [5.41, 5.74) is 0.815. The highest BCUT2D eigenvalue weighted by molar-refractivity contribution is 6.00. The van der Waals surface area contributed by atoms with Crippen molar-refractivity contribution < 1.29 is 57.8 Å². The minimum Gasteiger partial charge on any atom is -0.457 e. The van der Waals surface area contributed by atoms with Gasteiger partial charge in [0, 0.05) is 55.6 Å². The van der Waals surface area contributed by atoms with Crippen LogP contribution in [0.5, 0.6) is 0 Å². The number of hydrogen-bond acceptors (Lipinski definition) is 13. The minimum atomic E-state index is -0.938. The van der Waals surface area contributed by atoms with Crippen molar-refractivity contribution in [3.8, 4) is 6.07 Å². The first-order valence-corrected chi connectivity index (χ1v) is 21.5. The number of nitriles is 1. The first kappa shape index (κ1) is 44.3. The van der Waals surface area contributed by atoms with E-state index < -0.39 is 77.5 Å². The van der Waals surface area contributed by atoms with Gasteiger partial charge in [0.15, 0.2) is 18.0 Å². The molecule has 2 spiro atoms. The Bertz CT molecular complexity index is 1960. The molecule has 0 radical (unpaired) electrons. The second kappa shape index (κ2) is 16.5. The van der Waals surface area contributed by atoms with Crippen LogP contribution in [0.25, 0.3) is 0 Å². The number of methoxy groups -OCH3 is 2. The third-order valence-electron chi connectivity index (χ3n) is 15.0. The van der Waals surface area contributed by atoms with Crippen molar-refractivity contribution in [1.82, 2.24) is 0 Å². The lowest BCUT2D eigenvalue weighted by atomic mass is 9.57. The summed E-state index contributed by atoms with van der Waals surface area (Å²) in [6.07, 6.45) is 9.37. The lowest BCUT2D eigenvalue weighted by Crippen LogP contribution is -2.54. The fourth-order valence-electron chi connectivity index (χ4n) is 12.1. The number of carbonyl (C=O) groups excluding carboxylic acids is 4. The first-order chi connectivity index (χ1) is 28.4. The van der Waals surface area contributed by atoms with Crippen molar-refractivity contribution in [2.24, 2.45) is 59.2 Å². The molecule has 0 aromatic carbocycles. The predicted octanol–water partition coefficient (Wildman–Crippen LogP) is 4.56. The van der Waals surface area contributed by atoms with Gasteiger partial charge in [-0.1, -0.05) is 57.2 Å². The van der Waals surface area contributed by atoms with Crippen molar-refractivity contribution in [3.63, 3.8) is 0 Å². The number of Topliss-reactive ketones (excluding diaryl/α,β-unsaturated/α-hetero) is 2. The predicted molar refractivity (Wildman–Crippen MR) is 216 cm³/mol. The highest BCUT2D eigenvalue weighted by atomic mass is 16.6. The molecular weight excluding hydrogens is 771 g/mol. The number of rotatable bonds is 4. The van der Waals surface area contributed by atoms with Gasteiger partial charge in [0.05, 0.1) is 48.2 Å². The van der Waals surface area contributed by atoms with Crippen LogP contribution in [0, 0.1) is 70.5 Å². The SMILES string of the molecule is CO[C@H]1C[C@H]2C=C[C@H]3[C@@H]4C=C(C)C(=O)[C@H]3[C@]2(O4)/C(C)=C/[C@@H](C)[C@@H]([C@@H](C)O)OC1=O.CO[C@H]1C[C@H]2C=C[C@H]3[C@H]4O[C@]2(/C(C)=C/[C@@H](C)[C@@H]([C@@H](C)O)OC1=O)[C@@H]3C(=O)C(C)[C@H]4C#N. The van der Waals surface area contributed by atoms with Crippen molar-refractivity contribution in [3.05, 3.63) is 59.3 Å². The zero-order chi connectivity index (χ0) is 43.7. The number of esters is 2. The largest absolute Gasteiger partial charge is 0.457 e. The second-order valence-corrected chi connectivity index (χ2v) is 18.5. The van der Waals surface area contributed by atoms with Crippen molar-refractivity contribution in [1.29, 1.82) is 5.26 Å². The molecule has 13 nitrogen and oxygen atoms in total. The van der Waals surface area contributed by atoms with Crippen LogP contribution in [-0.4, -0.2) is 108 Å². The number of allylic oxidation sites excluding steroid dienone is 1. The number of hydrogen-bond donors (Lipinski definition) is 2. The molecule has 2 N–H and O–H groups in total. The van der Waals surface area contributed by atoms with Gasteiger partial charge in [0.25, 0.3) is 0 Å². The van der Waals surface area contributed by atoms with E-state index in [1.807, 2.05) is 71.9 Å². The quantitative estimate of drug-likeness (QED) is 0.297. The summed E-state index contributed by atoms with van der Waals surface area (Å²) in [4.78, 5) is 52.4. The zero-order valence-electron chi connectivity index (χ0n) is 36.3. The van der Waals surface area contributed by atoms with Crippen LogP contribution < -0.4 is 0 Å². The number of cyclic esters (lactones) is 2. The molecule has 8 bridgehead atoms. The lowest BCUT2D eigenvalue weighted by molar-refractivity contribution is -0.172. The molecule has 4 heterocycles. The average molecular weight is 832 g/mol. The van der Waals surface area contributed by atoms with Gasteiger partial charge in [-0.25, -0.2) is 9.59 Å². The number of aliphatic hydroxyl groups excluding tert-OH is 2. The third kappa shape index (κ3) is 6.81. The van der Waals surface area contributed by atoms with Gasteiger partial charge >= 0.3 is 11.9 Å². The Balaban J connectivity index is 0.000000182. The van der Waals surface area contributed by atoms with Crippen LogP contribution in [0.15, 0.2) is 59.3 Å². The third-order valence-corrected chi connectivity index (χ3v) is 15.0. The molecular formula is C47H61NO12. The molecule has 0 aromatic heterocycles. The smallest absolute Gasteiger partial charge is 0.335 e. The Morgan fingerprint density at radius 1 is 0.733 bits per heavy atom. The Morgan fingerprint density at radius 2 is 1.22 bits per heavy atom. The molecule has 0 amide bonds. The maximum atomic E-state index is 13.5. The standard InChI is InChI=1S/C24H31NO6.C23H30O6/c1-11-8-12(2)24-15(9-18(29-5)23(28)30-21(11)14(4)26)6-7-16-19(24)20(27)13(3)17(10-25)22(16)31-24;1-11-9-17-16-7-6-15-10-18(27-5)22(26)28-21(14(4)24)12(2)8-13(3)23(15,29-17)19(16)20(11)25/h6-8,11,13-19,21-22,26H,9H2,1-5H3;6-9,12,14-19,21,24H,10H2,1-5H3/b12-8+;13-8+/t11-,13?,14-,15-,16-,17-,18+,19+,21+,22-,24+;12-,14-,15-,16+,17+,18+,19+,21+,23+/m11/s1. The molecule has 3 fully saturated rings. The monoisotopic (exact) mass is 831 g/mol. The van der Waals surface area contributed by atoms with Crippen molar-refractivity contribution in [2.45, 2.75) is 128 Å². The molecule has 60 heavy (non-hydrogen) atoms. The van der Waals surface area contributed by atoms with Crippen LogP contribution in [-0.2, 0) is 47.6 Å². The second-order valence-electron chi connectivity index (χ2n) is 18.5. The van der Waals surface area contributed by atoms with Crippen LogP contribution in [0.4, 0.5) is 0 Å². The molecule has 13 heteroatoms. The summed E-state index contributed by atoms with van der Waals surface area (Å²) in [6.45, 7) is 14.6. The summed E-state index contributed by atoms with van der Waals surface area (Å²) in [5, 5.41) is 30.3. The molecule has 4 aliphatic heterocycles. The van der Waals surface area contributed by atoms with Crippen LogP contribution >= 0.6 is 0 Å². The normalized spacial score (nSPS) is 48.1. The summed E-state index contributed by atoms with van der Waals surface area (Å²) >= 11 is 0. The summed E-state index contributed by atoms with van der Waals surface area (Å²) in [7, 11) is 2.93. The Morgan fingerprint density at radius 3 is 1.68 bits per heavy atom. The fraction of sp³-hybridized carbons (Fsp3) is 0.681. The van der Waals surface area contributed by atoms with E-state index in [9.17, 15) is 34.7 Å². The van der Waals surface area contributed by atoms with Crippen LogP contribution in [0.2, 0.25) is 0 Å². The summed E-state index contributed by atoms with van der Waals surface area (Å²) in [6, 6.07) is 2.31. The molecule has 20 atom stereocenters. The number of ether oxygens (including phenoxy) is 6. The Kier molecular flexibility index (Phi) is 12.2. The highest BCUT2D eigenvalue weighted by Gasteiger charge is 2.69. The van der Waals surface area contributed by atoms with E-state index in [1.54, 1.807) is 13.8 Å². The van der Waals surface area contributed by atoms with E-state index in [2.05, 4.69) is 18.2 Å². The number of aliphatic hydroxyl groups is 2. The molecule has 1 unspecified atom stereocenters. The topological polar surface area (TPSA) is 188 Å². The zero-order valence-corrected chi connectivity index (χ0v) is 36.3. The molecule has 1 saturated carbocycles. The summed E-state index contributed by atoms with van der Waals surface area (Å²) in [5.74, 6) is -3.69. The molecule has 8 rings (SSSR count). The van der Waals surface area contributed by atoms with Crippen molar-refractivity contribution in [2.75, 3.05) is 14.2 Å². The van der Waals surface area contributed by atoms with Gasteiger partial charge in [-0.3, -0.25) is 9.59 Å². The van der Waals surface area contributed by atoms with Gasteiger partial charge < -0.3 is 38.6 Å². The number of ketones is 2. The molecule has 326 valence electrons. The first-order valence-electron chi connectivity index (χ1n) is 21.5. The van der Waals surface area contributed by atoms with E-state index in [1.165, 1.54) is 14.2 Å². The van der Waals surface area contributed by atoms with Crippen molar-refractivity contribution >= 4 is 23.5 Å². The van der Waals surface area contributed by atoms with E-state index in [0.29, 0.717) is 6.42 Å². The van der Waals surface area contributed by atoms with Gasteiger partial charge in [-0.05, 0) is 70.3 Å². The molecule has 0 aromatic rings. The maximum absolute atomic E-state index is 13.5. The molecule has 8 aliphatic rings. The molecule has 4 aliphatic carbocycles. The number of nitrogens with zero attached hydrogens (tertiary/aromatic N) is 1. The summed E-state index contributed by atoms with van der Waals surface area (Å²) < 4.78 is 35.6. The van der Waals surface area contributed by atoms with E-state index in [-0.39, 0.29) is 71.6 Å². The molecule has 2 saturated heterocycles. The van der Waals surface area contributed by atoms with Gasteiger partial charge in [-0.2, -0.15) is 5.26 Å². The fourth-order valence-corrected chi connectivity index (χ4v) is 12.1. The number of carbonyl (C=O) groups is 4. The van der Waals surface area contributed by atoms with Crippen LogP contribution in [0.3, 0.4) is 0 Å². The van der Waals surface area contributed by atoms with Gasteiger partial charge in [-0.15, -0.1) is 0 Å². The average Bonchev–Trinajstić information content (AvgIpc) is 3.48. The minimum absolute atomic E-state index is 0.00422. The Hall–Kier alpha value is -3.77. The van der Waals surface area contributed by atoms with Gasteiger partial charge in [0.1, 0.15) is 29.2 Å². The maximum Gasteiger partial charge on any atom is 0.335 e. The lowest BCUT2D eigenvalue weighted by Gasteiger charge is -2.45. The highest BCUT2D eigenvalue weighted by Crippen LogP contribution is 2.61. The van der Waals surface area contributed by atoms with E-state index in [0.717, 1.165) is 16.7 Å². The van der Waals surface area contributed by atoms with Gasteiger partial charge in [0.2, 0.25) is 0 Å². The van der Waals surface area contributed by atoms with Crippen LogP contribution in [0.1, 0.15) is 68.2 Å². The van der Waals surface area contributed by atoms with E-state index in [4.69, 9.17) is 28.4 Å².